The van der Waals surface area contributed by atoms with Crippen LogP contribution in [0.25, 0.3) is 0 Å². The van der Waals surface area contributed by atoms with E-state index in [1.165, 1.54) is 0 Å². The maximum atomic E-state index is 14.2. The lowest BCUT2D eigenvalue weighted by Gasteiger charge is -2.50. The van der Waals surface area contributed by atoms with Crippen LogP contribution in [0, 0.1) is 5.92 Å². The summed E-state index contributed by atoms with van der Waals surface area (Å²) in [6.45, 7) is 7.07. The predicted octanol–water partition coefficient (Wildman–Crippen LogP) is 3.93. The molecule has 2 aliphatic rings. The van der Waals surface area contributed by atoms with Gasteiger partial charge in [0.1, 0.15) is 17.5 Å². The number of ether oxygens (including phenoxy) is 4. The van der Waals surface area contributed by atoms with E-state index in [4.69, 9.17) is 18.9 Å². The lowest BCUT2D eigenvalue weighted by Crippen LogP contribution is -2.58. The molecule has 2 N–H and O–H groups in total. The Morgan fingerprint density at radius 3 is 2.56 bits per heavy atom. The summed E-state index contributed by atoms with van der Waals surface area (Å²) in [6, 6.07) is 13.0. The van der Waals surface area contributed by atoms with Crippen molar-refractivity contribution in [3.05, 3.63) is 53.6 Å². The third-order valence-electron chi connectivity index (χ3n) is 6.59. The van der Waals surface area contributed by atoms with Crippen molar-refractivity contribution < 1.29 is 28.8 Å². The van der Waals surface area contributed by atoms with Crippen LogP contribution < -0.4 is 19.5 Å². The highest BCUT2D eigenvalue weighted by atomic mass is 16.5. The summed E-state index contributed by atoms with van der Waals surface area (Å²) < 4.78 is 24.4. The number of carbonyl (C=O) groups excluding carboxylic acids is 1. The van der Waals surface area contributed by atoms with E-state index in [1.54, 1.807) is 25.3 Å². The summed E-state index contributed by atoms with van der Waals surface area (Å²) in [5, 5.41) is 13.1. The third kappa shape index (κ3) is 4.78. The second-order valence-corrected chi connectivity index (χ2v) is 9.38. The number of hydrogen-bond donors (Lipinski definition) is 2. The third-order valence-corrected chi connectivity index (χ3v) is 6.59. The van der Waals surface area contributed by atoms with Crippen LogP contribution in [-0.4, -0.2) is 55.5 Å². The van der Waals surface area contributed by atoms with Crippen molar-refractivity contribution in [3.63, 3.8) is 0 Å². The monoisotopic (exact) mass is 469 g/mol. The van der Waals surface area contributed by atoms with Crippen molar-refractivity contribution in [1.29, 1.82) is 0 Å². The maximum Gasteiger partial charge on any atom is 0.173 e. The van der Waals surface area contributed by atoms with Gasteiger partial charge in [-0.25, -0.2) is 0 Å². The van der Waals surface area contributed by atoms with Crippen LogP contribution in [0.2, 0.25) is 0 Å². The highest BCUT2D eigenvalue weighted by Gasteiger charge is 2.54. The summed E-state index contributed by atoms with van der Waals surface area (Å²) >= 11 is 0. The molecule has 184 valence electrons. The van der Waals surface area contributed by atoms with E-state index in [0.717, 1.165) is 24.4 Å². The lowest BCUT2D eigenvalue weighted by atomic mass is 9.69. The van der Waals surface area contributed by atoms with Gasteiger partial charge in [0.15, 0.2) is 17.3 Å². The van der Waals surface area contributed by atoms with Gasteiger partial charge >= 0.3 is 0 Å². The van der Waals surface area contributed by atoms with Gasteiger partial charge in [0.25, 0.3) is 0 Å². The number of piperidine rings is 1. The van der Waals surface area contributed by atoms with Gasteiger partial charge in [-0.05, 0) is 58.1 Å². The smallest absolute Gasteiger partial charge is 0.173 e. The maximum absolute atomic E-state index is 14.2. The standard InChI is InChI=1S/C27H35NO6/c1-17(2)32-22-10-9-19(15-23(22)31-4)25(30)24-26(33-18(3)16-29)20-7-5-6-8-21(20)34-27(24)11-13-28-14-12-27/h5-10,15,17-18,24,26,28-29H,11-14,16H2,1-4H3/t18-,24?,26+/m0/s1. The SMILES string of the molecule is COc1cc(C(=O)C2[C@H](O[C@@H](C)CO)c3ccccc3OC23CCNCC3)ccc1OC(C)C. The molecular weight excluding hydrogens is 434 g/mol. The molecule has 7 heteroatoms. The fourth-order valence-electron chi connectivity index (χ4n) is 4.98. The van der Waals surface area contributed by atoms with Gasteiger partial charge in [0.2, 0.25) is 0 Å². The molecule has 0 aromatic heterocycles. The van der Waals surface area contributed by atoms with Crippen LogP contribution in [0.5, 0.6) is 17.2 Å². The molecule has 3 atom stereocenters. The highest BCUT2D eigenvalue weighted by Crippen LogP contribution is 2.51. The van der Waals surface area contributed by atoms with Gasteiger partial charge in [-0.1, -0.05) is 18.2 Å². The first-order valence-electron chi connectivity index (χ1n) is 12.0. The number of aliphatic hydroxyl groups is 1. The summed E-state index contributed by atoms with van der Waals surface area (Å²) in [5.41, 5.74) is 0.637. The Labute approximate surface area is 201 Å². The van der Waals surface area contributed by atoms with E-state index in [1.807, 2.05) is 45.0 Å². The molecule has 2 aliphatic heterocycles. The fourth-order valence-corrected chi connectivity index (χ4v) is 4.98. The number of fused-ring (bicyclic) bond motifs is 1. The number of para-hydroxylation sites is 1. The topological polar surface area (TPSA) is 86.3 Å². The van der Waals surface area contributed by atoms with E-state index in [2.05, 4.69) is 5.32 Å². The number of nitrogens with one attached hydrogen (secondary N) is 1. The molecule has 2 heterocycles. The van der Waals surface area contributed by atoms with Gasteiger partial charge in [0, 0.05) is 24.0 Å². The molecule has 0 saturated carbocycles. The van der Waals surface area contributed by atoms with E-state index in [0.29, 0.717) is 29.9 Å². The van der Waals surface area contributed by atoms with Crippen molar-refractivity contribution in [3.8, 4) is 17.2 Å². The summed E-state index contributed by atoms with van der Waals surface area (Å²) in [4.78, 5) is 14.2. The molecule has 0 amide bonds. The Bertz CT molecular complexity index is 1000. The molecule has 0 radical (unpaired) electrons. The molecular formula is C27H35NO6. The van der Waals surface area contributed by atoms with Crippen molar-refractivity contribution in [2.75, 3.05) is 26.8 Å². The van der Waals surface area contributed by atoms with Gasteiger partial charge < -0.3 is 29.4 Å². The number of carbonyl (C=O) groups is 1. The van der Waals surface area contributed by atoms with Crippen LogP contribution >= 0.6 is 0 Å². The average Bonchev–Trinajstić information content (AvgIpc) is 2.84. The number of methoxy groups -OCH3 is 1. The van der Waals surface area contributed by atoms with Crippen LogP contribution in [0.3, 0.4) is 0 Å². The Morgan fingerprint density at radius 1 is 1.15 bits per heavy atom. The first kappa shape index (κ1) is 24.5. The van der Waals surface area contributed by atoms with Crippen molar-refractivity contribution >= 4 is 5.78 Å². The van der Waals surface area contributed by atoms with E-state index >= 15 is 0 Å². The number of benzene rings is 2. The molecule has 4 rings (SSSR count). The van der Waals surface area contributed by atoms with Crippen molar-refractivity contribution in [2.45, 2.75) is 57.5 Å². The fraction of sp³-hybridized carbons (Fsp3) is 0.519. The second-order valence-electron chi connectivity index (χ2n) is 9.38. The first-order valence-corrected chi connectivity index (χ1v) is 12.0. The average molecular weight is 470 g/mol. The van der Waals surface area contributed by atoms with Crippen LogP contribution in [-0.2, 0) is 4.74 Å². The van der Waals surface area contributed by atoms with Gasteiger partial charge in [-0.3, -0.25) is 4.79 Å². The first-order chi connectivity index (χ1) is 16.4. The quantitative estimate of drug-likeness (QED) is 0.567. The molecule has 0 aliphatic carbocycles. The molecule has 2 aromatic rings. The number of Topliss-reactive ketones (excluding diaryl/α,β-unsaturated/α-hetero) is 1. The number of hydrogen-bond acceptors (Lipinski definition) is 7. The molecule has 0 bridgehead atoms. The molecule has 1 unspecified atom stereocenters. The zero-order chi connectivity index (χ0) is 24.3. The normalized spacial score (nSPS) is 22.1. The molecule has 2 aromatic carbocycles. The van der Waals surface area contributed by atoms with E-state index < -0.39 is 23.7 Å². The summed E-state index contributed by atoms with van der Waals surface area (Å²) in [5.74, 6) is 1.19. The Balaban J connectivity index is 1.80. The van der Waals surface area contributed by atoms with Gasteiger partial charge in [0.05, 0.1) is 31.8 Å². The molecule has 34 heavy (non-hydrogen) atoms. The zero-order valence-corrected chi connectivity index (χ0v) is 20.4. The lowest BCUT2D eigenvalue weighted by molar-refractivity contribution is -0.124. The van der Waals surface area contributed by atoms with E-state index in [9.17, 15) is 9.90 Å². The number of aliphatic hydroxyl groups excluding tert-OH is 1. The number of rotatable bonds is 8. The minimum atomic E-state index is -0.711. The Kier molecular flexibility index (Phi) is 7.45. The minimum absolute atomic E-state index is 0.0190. The van der Waals surface area contributed by atoms with Crippen LogP contribution in [0.15, 0.2) is 42.5 Å². The van der Waals surface area contributed by atoms with E-state index in [-0.39, 0.29) is 18.5 Å². The zero-order valence-electron chi connectivity index (χ0n) is 20.4. The largest absolute Gasteiger partial charge is 0.493 e. The molecule has 7 nitrogen and oxygen atoms in total. The Hall–Kier alpha value is -2.61. The molecule has 1 spiro atoms. The van der Waals surface area contributed by atoms with Crippen LogP contribution in [0.4, 0.5) is 0 Å². The summed E-state index contributed by atoms with van der Waals surface area (Å²) in [6.07, 6.45) is 0.361. The van der Waals surface area contributed by atoms with Gasteiger partial charge in [-0.2, -0.15) is 0 Å². The number of ketones is 1. The minimum Gasteiger partial charge on any atom is -0.493 e. The highest BCUT2D eigenvalue weighted by molar-refractivity contribution is 6.00. The predicted molar refractivity (Wildman–Crippen MR) is 129 cm³/mol. The van der Waals surface area contributed by atoms with Crippen molar-refractivity contribution in [1.82, 2.24) is 5.32 Å². The van der Waals surface area contributed by atoms with Gasteiger partial charge in [-0.15, -0.1) is 0 Å². The molecule has 1 fully saturated rings. The summed E-state index contributed by atoms with van der Waals surface area (Å²) in [7, 11) is 1.57. The Morgan fingerprint density at radius 2 is 1.88 bits per heavy atom. The molecule has 1 saturated heterocycles. The van der Waals surface area contributed by atoms with Crippen LogP contribution in [0.1, 0.15) is 55.6 Å². The van der Waals surface area contributed by atoms with Crippen molar-refractivity contribution in [2.24, 2.45) is 5.92 Å². The second kappa shape index (κ2) is 10.3.